The van der Waals surface area contributed by atoms with Gasteiger partial charge in [-0.1, -0.05) is 20.8 Å². The fourth-order valence-electron chi connectivity index (χ4n) is 3.40. The number of likely N-dealkylation sites (tertiary alicyclic amines) is 1. The lowest BCUT2D eigenvalue weighted by atomic mass is 9.83. The summed E-state index contributed by atoms with van der Waals surface area (Å²) in [5, 5.41) is 4.38. The van der Waals surface area contributed by atoms with Crippen LogP contribution in [0.3, 0.4) is 0 Å². The summed E-state index contributed by atoms with van der Waals surface area (Å²) < 4.78 is 7.31. The molecule has 0 aromatic carbocycles. The molecule has 1 aromatic rings. The number of ether oxygens (including phenoxy) is 1. The van der Waals surface area contributed by atoms with Crippen LogP contribution in [0, 0.1) is 11.3 Å². The summed E-state index contributed by atoms with van der Waals surface area (Å²) in [5.41, 5.74) is 6.94. The molecule has 24 heavy (non-hydrogen) atoms. The summed E-state index contributed by atoms with van der Waals surface area (Å²) >= 11 is 0. The van der Waals surface area contributed by atoms with E-state index < -0.39 is 0 Å². The van der Waals surface area contributed by atoms with E-state index in [1.807, 2.05) is 4.90 Å². The topological polar surface area (TPSA) is 73.4 Å². The second kappa shape index (κ2) is 7.93. The predicted molar refractivity (Wildman–Crippen MR) is 98.3 cm³/mol. The molecule has 3 rings (SSSR count). The van der Waals surface area contributed by atoms with Gasteiger partial charge in [-0.05, 0) is 17.8 Å². The molecule has 0 bridgehead atoms. The number of amides is 1. The molecule has 3 heterocycles. The molecule has 2 aliphatic rings. The van der Waals surface area contributed by atoms with E-state index in [4.69, 9.17) is 10.5 Å². The first-order chi connectivity index (χ1) is 10.3. The van der Waals surface area contributed by atoms with Crippen molar-refractivity contribution in [1.29, 1.82) is 0 Å². The zero-order chi connectivity index (χ0) is 15.9. The summed E-state index contributed by atoms with van der Waals surface area (Å²) in [5.74, 6) is 1.03. The fourth-order valence-corrected chi connectivity index (χ4v) is 3.40. The minimum atomic E-state index is -0.0302. The summed E-state index contributed by atoms with van der Waals surface area (Å²) in [6.07, 6.45) is 1.96. The zero-order valence-corrected chi connectivity index (χ0v) is 16.2. The Balaban J connectivity index is 0.00000144. The highest BCUT2D eigenvalue weighted by atomic mass is 35.5. The van der Waals surface area contributed by atoms with Crippen molar-refractivity contribution in [3.63, 3.8) is 0 Å². The monoisotopic (exact) mass is 378 g/mol. The van der Waals surface area contributed by atoms with Gasteiger partial charge >= 0.3 is 0 Å². The third-order valence-corrected chi connectivity index (χ3v) is 4.38. The van der Waals surface area contributed by atoms with Gasteiger partial charge in [0, 0.05) is 38.2 Å². The van der Waals surface area contributed by atoms with Crippen LogP contribution in [-0.2, 0) is 6.54 Å². The highest BCUT2D eigenvalue weighted by Gasteiger charge is 2.36. The lowest BCUT2D eigenvalue weighted by Gasteiger charge is -2.24. The van der Waals surface area contributed by atoms with E-state index in [1.54, 1.807) is 10.7 Å². The normalized spacial score (nSPS) is 22.9. The van der Waals surface area contributed by atoms with Crippen LogP contribution in [0.5, 0.6) is 5.88 Å². The minimum absolute atomic E-state index is 0. The first-order valence-corrected chi connectivity index (χ1v) is 8.09. The van der Waals surface area contributed by atoms with Crippen LogP contribution in [0.2, 0.25) is 0 Å². The maximum Gasteiger partial charge on any atom is 0.274 e. The quantitative estimate of drug-likeness (QED) is 0.856. The molecule has 2 unspecified atom stereocenters. The number of hydrogen-bond donors (Lipinski definition) is 1. The maximum absolute atomic E-state index is 12.7. The largest absolute Gasteiger partial charge is 0.478 e. The first-order valence-electron chi connectivity index (χ1n) is 8.09. The Morgan fingerprint density at radius 2 is 2.08 bits per heavy atom. The number of aryl methyl sites for hydroxylation is 1. The molecule has 6 nitrogen and oxygen atoms in total. The van der Waals surface area contributed by atoms with E-state index in [9.17, 15) is 4.79 Å². The summed E-state index contributed by atoms with van der Waals surface area (Å²) in [6, 6.07) is 1.81. The molecule has 2 aliphatic heterocycles. The van der Waals surface area contributed by atoms with Crippen LogP contribution in [0.15, 0.2) is 6.07 Å². The lowest BCUT2D eigenvalue weighted by molar-refractivity contribution is 0.0776. The van der Waals surface area contributed by atoms with Gasteiger partial charge in [0.15, 0.2) is 5.69 Å². The molecule has 2 N–H and O–H groups in total. The van der Waals surface area contributed by atoms with Crippen LogP contribution < -0.4 is 10.5 Å². The zero-order valence-electron chi connectivity index (χ0n) is 14.5. The van der Waals surface area contributed by atoms with Gasteiger partial charge in [0.25, 0.3) is 5.91 Å². The number of halogens is 2. The molecule has 1 fully saturated rings. The molecule has 1 aromatic heterocycles. The molecular formula is C16H28Cl2N4O2. The number of carbonyl (C=O) groups is 1. The van der Waals surface area contributed by atoms with E-state index in [-0.39, 0.29) is 42.2 Å². The van der Waals surface area contributed by atoms with Crippen molar-refractivity contribution in [2.45, 2.75) is 46.2 Å². The minimum Gasteiger partial charge on any atom is -0.478 e. The van der Waals surface area contributed by atoms with Gasteiger partial charge < -0.3 is 15.4 Å². The van der Waals surface area contributed by atoms with Crippen LogP contribution in [0.1, 0.15) is 44.1 Å². The van der Waals surface area contributed by atoms with E-state index in [2.05, 4.69) is 25.9 Å². The molecule has 8 heteroatoms. The van der Waals surface area contributed by atoms with Gasteiger partial charge in [-0.3, -0.25) is 4.79 Å². The molecule has 0 saturated carbocycles. The van der Waals surface area contributed by atoms with Gasteiger partial charge in [-0.2, -0.15) is 5.10 Å². The van der Waals surface area contributed by atoms with Crippen molar-refractivity contribution in [2.24, 2.45) is 17.1 Å². The SMILES string of the molecule is CC(C)(C)CC1CN(C(=O)c2cc3n(n2)CCCO3)CC1N.Cl.Cl. The van der Waals surface area contributed by atoms with Crippen LogP contribution in [0.4, 0.5) is 0 Å². The number of rotatable bonds is 2. The highest BCUT2D eigenvalue weighted by Crippen LogP contribution is 2.30. The molecule has 0 radical (unpaired) electrons. The molecule has 0 aliphatic carbocycles. The summed E-state index contributed by atoms with van der Waals surface area (Å²) in [6.45, 7) is 9.49. The van der Waals surface area contributed by atoms with E-state index >= 15 is 0 Å². The number of nitrogens with two attached hydrogens (primary N) is 1. The van der Waals surface area contributed by atoms with Crippen LogP contribution >= 0.6 is 24.8 Å². The maximum atomic E-state index is 12.7. The lowest BCUT2D eigenvalue weighted by Crippen LogP contribution is -2.33. The standard InChI is InChI=1S/C16H26N4O2.2ClH/c1-16(2,3)8-11-9-19(10-12(11)17)15(21)13-7-14-20(18-13)5-4-6-22-14;;/h7,11-12H,4-6,8-10,17H2,1-3H3;2*1H. The molecule has 138 valence electrons. The van der Waals surface area contributed by atoms with E-state index in [1.165, 1.54) is 0 Å². The summed E-state index contributed by atoms with van der Waals surface area (Å²) in [7, 11) is 0. The van der Waals surface area contributed by atoms with Crippen molar-refractivity contribution in [3.05, 3.63) is 11.8 Å². The van der Waals surface area contributed by atoms with Crippen molar-refractivity contribution in [1.82, 2.24) is 14.7 Å². The van der Waals surface area contributed by atoms with Crippen molar-refractivity contribution in [2.75, 3.05) is 19.7 Å². The second-order valence-corrected chi connectivity index (χ2v) is 7.69. The van der Waals surface area contributed by atoms with Crippen LogP contribution in [0.25, 0.3) is 0 Å². The molecule has 0 spiro atoms. The van der Waals surface area contributed by atoms with Gasteiger partial charge in [-0.25, -0.2) is 4.68 Å². The number of aromatic nitrogens is 2. The fraction of sp³-hybridized carbons (Fsp3) is 0.750. The Morgan fingerprint density at radius 3 is 2.71 bits per heavy atom. The van der Waals surface area contributed by atoms with Crippen molar-refractivity contribution in [3.8, 4) is 5.88 Å². The predicted octanol–water partition coefficient (Wildman–Crippen LogP) is 2.34. The molecule has 1 amide bonds. The summed E-state index contributed by atoms with van der Waals surface area (Å²) in [4.78, 5) is 14.5. The third kappa shape index (κ3) is 4.55. The van der Waals surface area contributed by atoms with Crippen molar-refractivity contribution >= 4 is 30.7 Å². The number of hydrogen-bond acceptors (Lipinski definition) is 4. The van der Waals surface area contributed by atoms with Gasteiger partial charge in [0.1, 0.15) is 0 Å². The van der Waals surface area contributed by atoms with Gasteiger partial charge in [0.05, 0.1) is 6.61 Å². The molecule has 1 saturated heterocycles. The molecular weight excluding hydrogens is 351 g/mol. The van der Waals surface area contributed by atoms with E-state index in [0.717, 1.165) is 25.9 Å². The van der Waals surface area contributed by atoms with Crippen LogP contribution in [-0.4, -0.2) is 46.3 Å². The van der Waals surface area contributed by atoms with Gasteiger partial charge in [-0.15, -0.1) is 24.8 Å². The first kappa shape index (κ1) is 21.1. The van der Waals surface area contributed by atoms with Gasteiger partial charge in [0.2, 0.25) is 5.88 Å². The average molecular weight is 379 g/mol. The van der Waals surface area contributed by atoms with E-state index in [0.29, 0.717) is 30.6 Å². The highest BCUT2D eigenvalue weighted by molar-refractivity contribution is 5.93. The Morgan fingerprint density at radius 1 is 1.38 bits per heavy atom. The Labute approximate surface area is 155 Å². The number of nitrogens with zero attached hydrogens (tertiary/aromatic N) is 3. The smallest absolute Gasteiger partial charge is 0.274 e. The Bertz CT molecular complexity index is 547. The average Bonchev–Trinajstić information content (AvgIpc) is 3.00. The van der Waals surface area contributed by atoms with Crippen molar-refractivity contribution < 1.29 is 9.53 Å². The number of carbonyl (C=O) groups excluding carboxylic acids is 1. The third-order valence-electron chi connectivity index (χ3n) is 4.38. The number of fused-ring (bicyclic) bond motifs is 1. The Kier molecular flexibility index (Phi) is 6.96. The Hall–Kier alpha value is -0.980. The molecule has 2 atom stereocenters. The second-order valence-electron chi connectivity index (χ2n) is 7.69.